The fraction of sp³-hybridized carbons (Fsp3) is 0.280. The molecule has 4 rings (SSSR count). The standard InChI is InChI=1S/C25H27FN4O2/c1-5-31-21-12-9-19(14-22(21)32-6-2)24-17(4)29-30-23(13-16(3)28-25(24)30)27-15-18-7-10-20(26)11-8-18/h7-14,27H,5-6,15H2,1-4H3. The molecule has 0 bridgehead atoms. The molecule has 166 valence electrons. The van der Waals surface area contributed by atoms with Gasteiger partial charge in [0.2, 0.25) is 0 Å². The summed E-state index contributed by atoms with van der Waals surface area (Å²) in [5, 5.41) is 8.16. The average Bonchev–Trinajstić information content (AvgIpc) is 3.10. The molecule has 0 saturated heterocycles. The van der Waals surface area contributed by atoms with Crippen LogP contribution in [0.15, 0.2) is 48.5 Å². The summed E-state index contributed by atoms with van der Waals surface area (Å²) in [4.78, 5) is 4.77. The molecule has 4 aromatic rings. The maximum absolute atomic E-state index is 13.2. The minimum atomic E-state index is -0.245. The summed E-state index contributed by atoms with van der Waals surface area (Å²) in [5.74, 6) is 2.00. The molecule has 0 saturated carbocycles. The summed E-state index contributed by atoms with van der Waals surface area (Å²) in [6.45, 7) is 9.49. The Bertz CT molecular complexity index is 1240. The van der Waals surface area contributed by atoms with Gasteiger partial charge in [-0.1, -0.05) is 18.2 Å². The molecule has 32 heavy (non-hydrogen) atoms. The predicted molar refractivity (Wildman–Crippen MR) is 124 cm³/mol. The number of hydrogen-bond donors (Lipinski definition) is 1. The number of nitrogens with zero attached hydrogens (tertiary/aromatic N) is 3. The van der Waals surface area contributed by atoms with Crippen LogP contribution in [0.3, 0.4) is 0 Å². The molecule has 6 nitrogen and oxygen atoms in total. The van der Waals surface area contributed by atoms with Crippen LogP contribution < -0.4 is 14.8 Å². The van der Waals surface area contributed by atoms with Crippen molar-refractivity contribution in [3.63, 3.8) is 0 Å². The molecule has 2 aromatic carbocycles. The average molecular weight is 435 g/mol. The first-order chi connectivity index (χ1) is 15.5. The van der Waals surface area contributed by atoms with E-state index in [1.165, 1.54) is 12.1 Å². The largest absolute Gasteiger partial charge is 0.490 e. The van der Waals surface area contributed by atoms with Crippen LogP contribution in [-0.2, 0) is 6.54 Å². The Morgan fingerprint density at radius 3 is 2.38 bits per heavy atom. The highest BCUT2D eigenvalue weighted by Gasteiger charge is 2.18. The van der Waals surface area contributed by atoms with E-state index in [9.17, 15) is 4.39 Å². The van der Waals surface area contributed by atoms with Crippen LogP contribution in [-0.4, -0.2) is 27.8 Å². The number of rotatable bonds is 8. The Hall–Kier alpha value is -3.61. The van der Waals surface area contributed by atoms with Gasteiger partial charge in [0.25, 0.3) is 0 Å². The molecule has 1 N–H and O–H groups in total. The molecular formula is C25H27FN4O2. The van der Waals surface area contributed by atoms with Crippen LogP contribution in [0.25, 0.3) is 16.8 Å². The van der Waals surface area contributed by atoms with E-state index < -0.39 is 0 Å². The van der Waals surface area contributed by atoms with Crippen molar-refractivity contribution in [3.05, 3.63) is 71.3 Å². The molecule has 0 aliphatic carbocycles. The summed E-state index contributed by atoms with van der Waals surface area (Å²) < 4.78 is 26.5. The number of benzene rings is 2. The Kier molecular flexibility index (Phi) is 6.25. The Morgan fingerprint density at radius 1 is 0.938 bits per heavy atom. The number of nitrogens with one attached hydrogen (secondary N) is 1. The Morgan fingerprint density at radius 2 is 1.66 bits per heavy atom. The van der Waals surface area contributed by atoms with Crippen molar-refractivity contribution < 1.29 is 13.9 Å². The van der Waals surface area contributed by atoms with E-state index in [1.807, 2.05) is 56.5 Å². The molecule has 0 spiro atoms. The van der Waals surface area contributed by atoms with Crippen molar-refractivity contribution in [2.24, 2.45) is 0 Å². The molecule has 2 heterocycles. The van der Waals surface area contributed by atoms with Crippen molar-refractivity contribution in [1.82, 2.24) is 14.6 Å². The summed E-state index contributed by atoms with van der Waals surface area (Å²) in [6.07, 6.45) is 0. The van der Waals surface area contributed by atoms with Gasteiger partial charge in [0.1, 0.15) is 11.6 Å². The summed E-state index contributed by atoms with van der Waals surface area (Å²) >= 11 is 0. The summed E-state index contributed by atoms with van der Waals surface area (Å²) in [5.41, 5.74) is 5.38. The number of aryl methyl sites for hydroxylation is 2. The lowest BCUT2D eigenvalue weighted by molar-refractivity contribution is 0.288. The highest BCUT2D eigenvalue weighted by atomic mass is 19.1. The summed E-state index contributed by atoms with van der Waals surface area (Å²) in [7, 11) is 0. The summed E-state index contributed by atoms with van der Waals surface area (Å²) in [6, 6.07) is 14.3. The molecule has 0 fully saturated rings. The van der Waals surface area contributed by atoms with Gasteiger partial charge in [-0.05, 0) is 63.1 Å². The van der Waals surface area contributed by atoms with E-state index in [0.29, 0.717) is 25.5 Å². The highest BCUT2D eigenvalue weighted by molar-refractivity contribution is 5.82. The molecule has 0 unspecified atom stereocenters. The van der Waals surface area contributed by atoms with Crippen molar-refractivity contribution in [1.29, 1.82) is 0 Å². The molecule has 2 aromatic heterocycles. The topological polar surface area (TPSA) is 60.7 Å². The fourth-order valence-electron chi connectivity index (χ4n) is 3.71. The lowest BCUT2D eigenvalue weighted by Gasteiger charge is -2.13. The molecule has 0 amide bonds. The normalized spacial score (nSPS) is 11.0. The predicted octanol–water partition coefficient (Wildman–Crippen LogP) is 5.56. The lowest BCUT2D eigenvalue weighted by Crippen LogP contribution is -2.07. The van der Waals surface area contributed by atoms with E-state index in [2.05, 4.69) is 5.32 Å². The number of anilines is 1. The van der Waals surface area contributed by atoms with Crippen molar-refractivity contribution in [2.45, 2.75) is 34.2 Å². The highest BCUT2D eigenvalue weighted by Crippen LogP contribution is 2.36. The first kappa shape index (κ1) is 21.6. The van der Waals surface area contributed by atoms with Crippen molar-refractivity contribution in [3.8, 4) is 22.6 Å². The van der Waals surface area contributed by atoms with Gasteiger partial charge in [-0.15, -0.1) is 0 Å². The smallest absolute Gasteiger partial charge is 0.165 e. The zero-order valence-corrected chi connectivity index (χ0v) is 18.8. The maximum Gasteiger partial charge on any atom is 0.165 e. The fourth-order valence-corrected chi connectivity index (χ4v) is 3.71. The number of fused-ring (bicyclic) bond motifs is 1. The van der Waals surface area contributed by atoms with Crippen LogP contribution in [0.2, 0.25) is 0 Å². The molecule has 7 heteroatoms. The van der Waals surface area contributed by atoms with Gasteiger partial charge in [-0.3, -0.25) is 0 Å². The minimum Gasteiger partial charge on any atom is -0.490 e. The van der Waals surface area contributed by atoms with E-state index in [-0.39, 0.29) is 5.82 Å². The number of halogens is 1. The number of ether oxygens (including phenoxy) is 2. The van der Waals surface area contributed by atoms with Gasteiger partial charge in [0.15, 0.2) is 17.1 Å². The van der Waals surface area contributed by atoms with Crippen LogP contribution in [0.1, 0.15) is 30.8 Å². The quantitative estimate of drug-likeness (QED) is 0.393. The Balaban J connectivity index is 1.74. The Labute approximate surface area is 187 Å². The van der Waals surface area contributed by atoms with Gasteiger partial charge in [0, 0.05) is 23.9 Å². The van der Waals surface area contributed by atoms with Gasteiger partial charge >= 0.3 is 0 Å². The van der Waals surface area contributed by atoms with E-state index in [4.69, 9.17) is 19.6 Å². The first-order valence-electron chi connectivity index (χ1n) is 10.8. The minimum absolute atomic E-state index is 0.245. The van der Waals surface area contributed by atoms with Gasteiger partial charge in [-0.25, -0.2) is 9.37 Å². The van der Waals surface area contributed by atoms with Crippen molar-refractivity contribution in [2.75, 3.05) is 18.5 Å². The molecule has 0 aliphatic rings. The van der Waals surface area contributed by atoms with Gasteiger partial charge in [0.05, 0.1) is 18.9 Å². The van der Waals surface area contributed by atoms with Gasteiger partial charge in [-0.2, -0.15) is 9.61 Å². The second-order valence-corrected chi connectivity index (χ2v) is 7.49. The van der Waals surface area contributed by atoms with Crippen molar-refractivity contribution >= 4 is 11.5 Å². The van der Waals surface area contributed by atoms with E-state index in [1.54, 1.807) is 12.1 Å². The third-order valence-corrected chi connectivity index (χ3v) is 5.11. The van der Waals surface area contributed by atoms with Crippen LogP contribution in [0.5, 0.6) is 11.5 Å². The first-order valence-corrected chi connectivity index (χ1v) is 10.8. The van der Waals surface area contributed by atoms with Crippen LogP contribution >= 0.6 is 0 Å². The van der Waals surface area contributed by atoms with Crippen LogP contribution in [0, 0.1) is 19.7 Å². The second-order valence-electron chi connectivity index (χ2n) is 7.49. The third-order valence-electron chi connectivity index (χ3n) is 5.11. The van der Waals surface area contributed by atoms with E-state index >= 15 is 0 Å². The zero-order valence-electron chi connectivity index (χ0n) is 18.8. The monoisotopic (exact) mass is 434 g/mol. The van der Waals surface area contributed by atoms with Crippen LogP contribution in [0.4, 0.5) is 10.2 Å². The second kappa shape index (κ2) is 9.26. The molecule has 0 radical (unpaired) electrons. The maximum atomic E-state index is 13.2. The third kappa shape index (κ3) is 4.37. The molecule has 0 aliphatic heterocycles. The van der Waals surface area contributed by atoms with E-state index in [0.717, 1.165) is 45.3 Å². The molecule has 0 atom stereocenters. The lowest BCUT2D eigenvalue weighted by atomic mass is 10.1. The number of hydrogen-bond acceptors (Lipinski definition) is 5. The molecular weight excluding hydrogens is 407 g/mol. The van der Waals surface area contributed by atoms with Gasteiger partial charge < -0.3 is 14.8 Å². The SMILES string of the molecule is CCOc1ccc(-c2c(C)nn3c(NCc4ccc(F)cc4)cc(C)nc23)cc1OCC. The number of aromatic nitrogens is 3. The zero-order chi connectivity index (χ0) is 22.7.